The number of carbonyl (C=O) groups is 2. The van der Waals surface area contributed by atoms with Gasteiger partial charge in [0.1, 0.15) is 0 Å². The molecule has 0 aliphatic carbocycles. The van der Waals surface area contributed by atoms with Gasteiger partial charge in [-0.25, -0.2) is 4.79 Å². The van der Waals surface area contributed by atoms with Gasteiger partial charge in [0.15, 0.2) is 11.5 Å². The smallest absolute Gasteiger partial charge is 0.407 e. The van der Waals surface area contributed by atoms with E-state index in [9.17, 15) is 9.59 Å². The zero-order chi connectivity index (χ0) is 17.3. The highest BCUT2D eigenvalue weighted by atomic mass is 16.5. The molecule has 7 heteroatoms. The van der Waals surface area contributed by atoms with E-state index in [1.807, 2.05) is 12.1 Å². The van der Waals surface area contributed by atoms with Gasteiger partial charge < -0.3 is 24.4 Å². The minimum atomic E-state index is -0.883. The standard InChI is InChI=1S/C17H22N2O5/c1-23-13-4-3-12(9-14(13)24-2)19-11-17(10-15(19)20)5-7-18(8-6-17)16(21)22/h3-4,9H,5-8,10-11H2,1-2H3,(H,21,22). The van der Waals surface area contributed by atoms with Crippen LogP contribution in [0.1, 0.15) is 19.3 Å². The molecule has 0 unspecified atom stereocenters. The molecule has 2 saturated heterocycles. The first kappa shape index (κ1) is 16.4. The monoisotopic (exact) mass is 334 g/mol. The van der Waals surface area contributed by atoms with E-state index in [0.717, 1.165) is 18.5 Å². The van der Waals surface area contributed by atoms with Gasteiger partial charge in [0, 0.05) is 43.2 Å². The Morgan fingerprint density at radius 3 is 2.42 bits per heavy atom. The highest BCUT2D eigenvalue weighted by molar-refractivity contribution is 5.96. The Hall–Kier alpha value is -2.44. The van der Waals surface area contributed by atoms with E-state index in [-0.39, 0.29) is 11.3 Å². The topological polar surface area (TPSA) is 79.3 Å². The molecule has 1 N–H and O–H groups in total. The van der Waals surface area contributed by atoms with Crippen molar-refractivity contribution in [1.82, 2.24) is 4.90 Å². The number of piperidine rings is 1. The Morgan fingerprint density at radius 2 is 1.83 bits per heavy atom. The van der Waals surface area contributed by atoms with E-state index in [4.69, 9.17) is 14.6 Å². The van der Waals surface area contributed by atoms with Gasteiger partial charge in [-0.3, -0.25) is 4.79 Å². The van der Waals surface area contributed by atoms with Gasteiger partial charge in [0.2, 0.25) is 5.91 Å². The number of rotatable bonds is 3. The van der Waals surface area contributed by atoms with Crippen molar-refractivity contribution in [3.8, 4) is 11.5 Å². The highest BCUT2D eigenvalue weighted by Gasteiger charge is 2.46. The van der Waals surface area contributed by atoms with E-state index in [2.05, 4.69) is 0 Å². The van der Waals surface area contributed by atoms with E-state index in [1.54, 1.807) is 25.2 Å². The molecule has 0 aromatic heterocycles. The van der Waals surface area contributed by atoms with Gasteiger partial charge in [-0.2, -0.15) is 0 Å². The van der Waals surface area contributed by atoms with E-state index in [0.29, 0.717) is 37.6 Å². The summed E-state index contributed by atoms with van der Waals surface area (Å²) in [4.78, 5) is 26.8. The number of carbonyl (C=O) groups excluding carboxylic acids is 1. The normalized spacial score (nSPS) is 19.7. The summed E-state index contributed by atoms with van der Waals surface area (Å²) in [7, 11) is 3.14. The average Bonchev–Trinajstić information content (AvgIpc) is 2.90. The van der Waals surface area contributed by atoms with Gasteiger partial charge in [0.25, 0.3) is 0 Å². The fourth-order valence-electron chi connectivity index (χ4n) is 3.63. The van der Waals surface area contributed by atoms with Gasteiger partial charge in [-0.05, 0) is 25.0 Å². The van der Waals surface area contributed by atoms with E-state index in [1.165, 1.54) is 4.90 Å². The Balaban J connectivity index is 1.77. The van der Waals surface area contributed by atoms with Crippen LogP contribution >= 0.6 is 0 Å². The maximum absolute atomic E-state index is 12.5. The number of hydrogen-bond donors (Lipinski definition) is 1. The van der Waals surface area contributed by atoms with Gasteiger partial charge >= 0.3 is 6.09 Å². The molecular weight excluding hydrogens is 312 g/mol. The average molecular weight is 334 g/mol. The number of methoxy groups -OCH3 is 2. The summed E-state index contributed by atoms with van der Waals surface area (Å²) in [6.45, 7) is 1.60. The number of anilines is 1. The zero-order valence-electron chi connectivity index (χ0n) is 13.9. The van der Waals surface area contributed by atoms with Crippen molar-refractivity contribution < 1.29 is 24.2 Å². The molecular formula is C17H22N2O5. The molecule has 1 spiro atoms. The summed E-state index contributed by atoms with van der Waals surface area (Å²) in [5, 5.41) is 9.08. The number of ether oxygens (including phenoxy) is 2. The van der Waals surface area contributed by atoms with Crippen molar-refractivity contribution in [1.29, 1.82) is 0 Å². The fraction of sp³-hybridized carbons (Fsp3) is 0.529. The lowest BCUT2D eigenvalue weighted by molar-refractivity contribution is -0.118. The minimum Gasteiger partial charge on any atom is -0.493 e. The molecule has 2 heterocycles. The second-order valence-electron chi connectivity index (χ2n) is 6.47. The van der Waals surface area contributed by atoms with Crippen molar-refractivity contribution in [3.63, 3.8) is 0 Å². The molecule has 2 aliphatic heterocycles. The fourth-order valence-corrected chi connectivity index (χ4v) is 3.63. The maximum atomic E-state index is 12.5. The number of hydrogen-bond acceptors (Lipinski definition) is 4. The third-order valence-electron chi connectivity index (χ3n) is 5.09. The molecule has 7 nitrogen and oxygen atoms in total. The molecule has 130 valence electrons. The maximum Gasteiger partial charge on any atom is 0.407 e. The van der Waals surface area contributed by atoms with Crippen LogP contribution in [-0.2, 0) is 4.79 Å². The van der Waals surface area contributed by atoms with Crippen molar-refractivity contribution in [2.24, 2.45) is 5.41 Å². The number of nitrogens with zero attached hydrogens (tertiary/aromatic N) is 2. The van der Waals surface area contributed by atoms with Crippen LogP contribution in [0.2, 0.25) is 0 Å². The molecule has 0 bridgehead atoms. The third-order valence-corrected chi connectivity index (χ3v) is 5.09. The van der Waals surface area contributed by atoms with Crippen molar-refractivity contribution >= 4 is 17.7 Å². The zero-order valence-corrected chi connectivity index (χ0v) is 13.9. The lowest BCUT2D eigenvalue weighted by Gasteiger charge is -2.37. The lowest BCUT2D eigenvalue weighted by Crippen LogP contribution is -2.43. The van der Waals surface area contributed by atoms with Gasteiger partial charge in [-0.15, -0.1) is 0 Å². The Bertz CT molecular complexity index is 652. The second kappa shape index (κ2) is 6.22. The molecule has 0 radical (unpaired) electrons. The van der Waals surface area contributed by atoms with Crippen molar-refractivity contribution in [3.05, 3.63) is 18.2 Å². The summed E-state index contributed by atoms with van der Waals surface area (Å²) in [6, 6.07) is 5.45. The summed E-state index contributed by atoms with van der Waals surface area (Å²) in [6.07, 6.45) is 1.02. The van der Waals surface area contributed by atoms with Crippen LogP contribution in [0.25, 0.3) is 0 Å². The number of benzene rings is 1. The molecule has 3 rings (SSSR count). The van der Waals surface area contributed by atoms with Crippen LogP contribution in [0.15, 0.2) is 18.2 Å². The molecule has 2 fully saturated rings. The molecule has 2 aliphatic rings. The highest BCUT2D eigenvalue weighted by Crippen LogP contribution is 2.43. The molecule has 0 atom stereocenters. The van der Waals surface area contributed by atoms with Gasteiger partial charge in [0.05, 0.1) is 14.2 Å². The first-order valence-corrected chi connectivity index (χ1v) is 7.98. The van der Waals surface area contributed by atoms with Crippen molar-refractivity contribution in [2.45, 2.75) is 19.3 Å². The largest absolute Gasteiger partial charge is 0.493 e. The number of amides is 2. The van der Waals surface area contributed by atoms with E-state index >= 15 is 0 Å². The van der Waals surface area contributed by atoms with Crippen LogP contribution in [-0.4, -0.2) is 55.9 Å². The number of likely N-dealkylation sites (tertiary alicyclic amines) is 1. The van der Waals surface area contributed by atoms with Crippen LogP contribution in [0.5, 0.6) is 11.5 Å². The summed E-state index contributed by atoms with van der Waals surface area (Å²) in [5.41, 5.74) is 0.658. The Kier molecular flexibility index (Phi) is 4.26. The summed E-state index contributed by atoms with van der Waals surface area (Å²) in [5.74, 6) is 1.29. The Morgan fingerprint density at radius 1 is 1.17 bits per heavy atom. The molecule has 1 aromatic rings. The quantitative estimate of drug-likeness (QED) is 0.917. The minimum absolute atomic E-state index is 0.0750. The second-order valence-corrected chi connectivity index (χ2v) is 6.47. The van der Waals surface area contributed by atoms with Crippen LogP contribution in [0, 0.1) is 5.41 Å². The Labute approximate surface area is 140 Å². The predicted molar refractivity (Wildman–Crippen MR) is 87.8 cm³/mol. The van der Waals surface area contributed by atoms with Crippen LogP contribution in [0.4, 0.5) is 10.5 Å². The lowest BCUT2D eigenvalue weighted by atomic mass is 9.78. The van der Waals surface area contributed by atoms with Crippen LogP contribution in [0.3, 0.4) is 0 Å². The molecule has 1 aromatic carbocycles. The van der Waals surface area contributed by atoms with E-state index < -0.39 is 6.09 Å². The molecule has 2 amide bonds. The summed E-state index contributed by atoms with van der Waals surface area (Å²) >= 11 is 0. The first-order chi connectivity index (χ1) is 11.5. The SMILES string of the molecule is COc1ccc(N2CC3(CCN(C(=O)O)CC3)CC2=O)cc1OC. The van der Waals surface area contributed by atoms with Crippen LogP contribution < -0.4 is 14.4 Å². The number of carboxylic acid groups (broad SMARTS) is 1. The van der Waals surface area contributed by atoms with Crippen molar-refractivity contribution in [2.75, 3.05) is 38.8 Å². The van der Waals surface area contributed by atoms with Gasteiger partial charge in [-0.1, -0.05) is 0 Å². The summed E-state index contributed by atoms with van der Waals surface area (Å²) < 4.78 is 10.5. The molecule has 24 heavy (non-hydrogen) atoms. The predicted octanol–water partition coefficient (Wildman–Crippen LogP) is 2.20. The third kappa shape index (κ3) is 2.86. The first-order valence-electron chi connectivity index (χ1n) is 7.98. The molecule has 0 saturated carbocycles.